The number of rotatable bonds is 7. The smallest absolute Gasteiger partial charge is 0.227 e. The number of benzene rings is 2. The lowest BCUT2D eigenvalue weighted by atomic mass is 9.48. The summed E-state index contributed by atoms with van der Waals surface area (Å²) in [6.45, 7) is 6.77. The van der Waals surface area contributed by atoms with E-state index in [1.54, 1.807) is 18.2 Å². The van der Waals surface area contributed by atoms with E-state index in [4.69, 9.17) is 27.9 Å². The van der Waals surface area contributed by atoms with Gasteiger partial charge in [0.25, 0.3) is 0 Å². The monoisotopic (exact) mass is 584 g/mol. The maximum Gasteiger partial charge on any atom is 0.227 e. The van der Waals surface area contributed by atoms with Crippen molar-refractivity contribution in [2.75, 3.05) is 19.6 Å². The Morgan fingerprint density at radius 3 is 2.67 bits per heavy atom. The Kier molecular flexibility index (Phi) is 6.40. The van der Waals surface area contributed by atoms with Crippen LogP contribution in [0.25, 0.3) is 0 Å². The molecule has 214 valence electrons. The van der Waals surface area contributed by atoms with Gasteiger partial charge in [0.15, 0.2) is 11.5 Å². The first-order chi connectivity index (χ1) is 19.1. The molecule has 1 amide bonds. The van der Waals surface area contributed by atoms with Gasteiger partial charge in [-0.25, -0.2) is 0 Å². The molecule has 0 aromatic heterocycles. The van der Waals surface area contributed by atoms with Crippen LogP contribution < -0.4 is 4.74 Å². The van der Waals surface area contributed by atoms with Gasteiger partial charge < -0.3 is 19.8 Å². The zero-order valence-electron chi connectivity index (χ0n) is 23.2. The molecule has 2 aromatic carbocycles. The lowest BCUT2D eigenvalue weighted by Crippen LogP contribution is -2.78. The summed E-state index contributed by atoms with van der Waals surface area (Å²) in [5.41, 5.74) is 1.36. The van der Waals surface area contributed by atoms with Crippen molar-refractivity contribution in [2.24, 2.45) is 11.8 Å². The first-order valence-electron chi connectivity index (χ1n) is 14.8. The molecule has 1 saturated heterocycles. The number of hydrogen-bond acceptors (Lipinski definition) is 5. The number of likely N-dealkylation sites (tertiary alicyclic amines) is 1. The predicted octanol–water partition coefficient (Wildman–Crippen LogP) is 5.36. The maximum atomic E-state index is 14.0. The minimum absolute atomic E-state index is 0.0152. The Bertz CT molecular complexity index is 1360. The average Bonchev–Trinajstić information content (AvgIpc) is 3.65. The molecule has 2 N–H and O–H groups in total. The van der Waals surface area contributed by atoms with Crippen molar-refractivity contribution in [3.8, 4) is 11.5 Å². The number of aromatic hydroxyl groups is 1. The van der Waals surface area contributed by atoms with E-state index in [1.807, 2.05) is 17.0 Å². The lowest BCUT2D eigenvalue weighted by molar-refractivity contribution is -0.202. The van der Waals surface area contributed by atoms with Crippen LogP contribution in [0.4, 0.5) is 0 Å². The van der Waals surface area contributed by atoms with Crippen molar-refractivity contribution >= 4 is 29.1 Å². The van der Waals surface area contributed by atoms with Crippen LogP contribution in [-0.2, 0) is 23.1 Å². The number of amides is 1. The van der Waals surface area contributed by atoms with Crippen molar-refractivity contribution < 1.29 is 19.7 Å². The van der Waals surface area contributed by atoms with Crippen molar-refractivity contribution in [1.82, 2.24) is 9.80 Å². The average molecular weight is 586 g/mol. The summed E-state index contributed by atoms with van der Waals surface area (Å²) in [5, 5.41) is 24.7. The fourth-order valence-corrected chi connectivity index (χ4v) is 8.84. The molecule has 0 radical (unpaired) electrons. The van der Waals surface area contributed by atoms with Crippen LogP contribution in [0.15, 0.2) is 30.3 Å². The second-order valence-electron chi connectivity index (χ2n) is 13.3. The van der Waals surface area contributed by atoms with E-state index in [-0.39, 0.29) is 36.1 Å². The quantitative estimate of drug-likeness (QED) is 0.458. The molecule has 6 nitrogen and oxygen atoms in total. The van der Waals surface area contributed by atoms with Crippen LogP contribution in [-0.4, -0.2) is 69.3 Å². The number of halogens is 2. The molecule has 2 saturated carbocycles. The molecule has 8 heteroatoms. The van der Waals surface area contributed by atoms with E-state index in [2.05, 4.69) is 18.7 Å². The van der Waals surface area contributed by atoms with Crippen LogP contribution in [0.2, 0.25) is 10.0 Å². The highest BCUT2D eigenvalue weighted by Crippen LogP contribution is 2.66. The summed E-state index contributed by atoms with van der Waals surface area (Å²) in [4.78, 5) is 18.6. The minimum Gasteiger partial charge on any atom is -0.504 e. The van der Waals surface area contributed by atoms with Crippen LogP contribution in [0.3, 0.4) is 0 Å². The van der Waals surface area contributed by atoms with Crippen molar-refractivity contribution in [1.29, 1.82) is 0 Å². The first-order valence-corrected chi connectivity index (χ1v) is 15.6. The number of nitrogens with zero attached hydrogens (tertiary/aromatic N) is 2. The van der Waals surface area contributed by atoms with Crippen LogP contribution >= 0.6 is 23.2 Å². The molecule has 1 spiro atoms. The van der Waals surface area contributed by atoms with Gasteiger partial charge in [-0.3, -0.25) is 9.69 Å². The van der Waals surface area contributed by atoms with E-state index >= 15 is 0 Å². The summed E-state index contributed by atoms with van der Waals surface area (Å²) < 4.78 is 6.75. The van der Waals surface area contributed by atoms with Gasteiger partial charge in [-0.1, -0.05) is 49.2 Å². The van der Waals surface area contributed by atoms with Crippen molar-refractivity contribution in [2.45, 2.75) is 88.0 Å². The fourth-order valence-electron chi connectivity index (χ4n) is 8.52. The van der Waals surface area contributed by atoms with Gasteiger partial charge in [0.2, 0.25) is 5.91 Å². The van der Waals surface area contributed by atoms with Gasteiger partial charge in [0, 0.05) is 24.7 Å². The Morgan fingerprint density at radius 1 is 1.15 bits per heavy atom. The summed E-state index contributed by atoms with van der Waals surface area (Å²) in [6.07, 6.45) is 5.13. The topological polar surface area (TPSA) is 73.2 Å². The highest BCUT2D eigenvalue weighted by Gasteiger charge is 2.73. The Hall–Kier alpha value is -1.99. The molecule has 2 bridgehead atoms. The molecule has 5 aliphatic rings. The zero-order chi connectivity index (χ0) is 28.0. The second kappa shape index (κ2) is 9.52. The number of phenolic OH excluding ortho intramolecular Hbond substituents is 1. The number of carbonyl (C=O) groups is 1. The van der Waals surface area contributed by atoms with Gasteiger partial charge >= 0.3 is 0 Å². The number of ether oxygens (including phenoxy) is 1. The van der Waals surface area contributed by atoms with Gasteiger partial charge in [-0.2, -0.15) is 0 Å². The Labute approximate surface area is 246 Å². The second-order valence-corrected chi connectivity index (χ2v) is 14.1. The van der Waals surface area contributed by atoms with Gasteiger partial charge in [-0.05, 0) is 86.2 Å². The highest BCUT2D eigenvalue weighted by atomic mass is 35.5. The number of aliphatic hydroxyl groups is 1. The lowest BCUT2D eigenvalue weighted by Gasteiger charge is -2.65. The predicted molar refractivity (Wildman–Crippen MR) is 155 cm³/mol. The molecule has 3 aliphatic carbocycles. The molecule has 0 unspecified atom stereocenters. The number of piperidine rings is 1. The molecule has 40 heavy (non-hydrogen) atoms. The molecular formula is C32H38Cl2N2O4. The van der Waals surface area contributed by atoms with E-state index in [0.29, 0.717) is 35.2 Å². The maximum absolute atomic E-state index is 14.0. The third-order valence-corrected chi connectivity index (χ3v) is 11.1. The third kappa shape index (κ3) is 3.93. The largest absolute Gasteiger partial charge is 0.504 e. The van der Waals surface area contributed by atoms with E-state index in [1.165, 1.54) is 18.4 Å². The zero-order valence-corrected chi connectivity index (χ0v) is 24.7. The van der Waals surface area contributed by atoms with Crippen LogP contribution in [0.5, 0.6) is 11.5 Å². The summed E-state index contributed by atoms with van der Waals surface area (Å²) >= 11 is 12.4. The van der Waals surface area contributed by atoms with Crippen LogP contribution in [0.1, 0.15) is 62.6 Å². The number of hydrogen-bond donors (Lipinski definition) is 2. The fraction of sp³-hybridized carbons (Fsp3) is 0.594. The SMILES string of the molecule is CC(C)CN(C(=O)Cc1ccc(Cl)c(Cl)c1)[C@H]1CC[C@@]2(O)[C@@H]3Cc4ccc(O)c5c4[C@@]2(CCN3CC2CC2)[C@H]1O5. The van der Waals surface area contributed by atoms with Crippen molar-refractivity contribution in [3.63, 3.8) is 0 Å². The number of carbonyl (C=O) groups excluding carboxylic acids is 1. The summed E-state index contributed by atoms with van der Waals surface area (Å²) in [7, 11) is 0. The molecule has 2 aliphatic heterocycles. The minimum atomic E-state index is -0.969. The van der Waals surface area contributed by atoms with Gasteiger partial charge in [-0.15, -0.1) is 0 Å². The number of phenols is 1. The molecule has 2 heterocycles. The molecule has 3 fully saturated rings. The van der Waals surface area contributed by atoms with Crippen molar-refractivity contribution in [3.05, 3.63) is 57.1 Å². The Morgan fingerprint density at radius 2 is 1.95 bits per heavy atom. The van der Waals surface area contributed by atoms with E-state index in [9.17, 15) is 15.0 Å². The third-order valence-electron chi connectivity index (χ3n) is 10.4. The highest BCUT2D eigenvalue weighted by molar-refractivity contribution is 6.42. The first kappa shape index (κ1) is 26.9. The molecular weight excluding hydrogens is 547 g/mol. The Balaban J connectivity index is 1.28. The normalized spacial score (nSPS) is 32.1. The summed E-state index contributed by atoms with van der Waals surface area (Å²) in [5.74, 6) is 1.65. The van der Waals surface area contributed by atoms with Gasteiger partial charge in [0.05, 0.1) is 33.5 Å². The van der Waals surface area contributed by atoms with Crippen LogP contribution in [0, 0.1) is 11.8 Å². The van der Waals surface area contributed by atoms with E-state index < -0.39 is 17.1 Å². The van der Waals surface area contributed by atoms with E-state index in [0.717, 1.165) is 43.0 Å². The molecule has 7 rings (SSSR count). The standard InChI is InChI=1S/C32H38Cl2N2O4/c1-18(2)16-36(27(38)14-20-5-7-22(33)23(34)13-20)24-9-10-32(39)26-15-21-6-8-25(37)29-28(21)31(32,30(24)40-29)11-12-35(26)17-19-3-4-19/h5-8,13,18-19,24,26,30,37,39H,3-4,9-12,14-17H2,1-2H3/t24-,26-,30-,31-,32+/m0/s1. The summed E-state index contributed by atoms with van der Waals surface area (Å²) in [6, 6.07) is 8.92. The molecule has 2 aromatic rings. The molecule has 5 atom stereocenters. The van der Waals surface area contributed by atoms with Gasteiger partial charge in [0.1, 0.15) is 6.10 Å².